The van der Waals surface area contributed by atoms with Crippen LogP contribution in [0, 0.1) is 0 Å². The van der Waals surface area contributed by atoms with Crippen LogP contribution < -0.4 is 10.5 Å². The van der Waals surface area contributed by atoms with Crippen LogP contribution in [0.3, 0.4) is 0 Å². The molecule has 3 N–H and O–H groups in total. The molecule has 0 aromatic carbocycles. The Morgan fingerprint density at radius 2 is 2.07 bits per heavy atom. The highest BCUT2D eigenvalue weighted by Crippen LogP contribution is 2.09. The molecular formula is C9H15N3O2S. The lowest BCUT2D eigenvalue weighted by atomic mass is 10.1. The van der Waals surface area contributed by atoms with Gasteiger partial charge in [0.1, 0.15) is 0 Å². The normalized spacial score (nSPS) is 13.7. The average Bonchev–Trinajstić information content (AvgIpc) is 2.17. The molecule has 15 heavy (non-hydrogen) atoms. The molecule has 0 aliphatic rings. The Hall–Kier alpha value is -0.980. The van der Waals surface area contributed by atoms with Gasteiger partial charge in [0.15, 0.2) is 0 Å². The van der Waals surface area contributed by atoms with E-state index in [1.165, 1.54) is 0 Å². The van der Waals surface area contributed by atoms with Crippen molar-refractivity contribution in [3.05, 3.63) is 30.1 Å². The smallest absolute Gasteiger partial charge is 0.210 e. The maximum Gasteiger partial charge on any atom is 0.210 e. The van der Waals surface area contributed by atoms with Crippen molar-refractivity contribution >= 4 is 10.0 Å². The Morgan fingerprint density at radius 3 is 2.60 bits per heavy atom. The van der Waals surface area contributed by atoms with Gasteiger partial charge < -0.3 is 5.32 Å². The van der Waals surface area contributed by atoms with Crippen LogP contribution in [-0.2, 0) is 10.0 Å². The number of hydrogen-bond donors (Lipinski definition) is 2. The lowest BCUT2D eigenvalue weighted by Gasteiger charge is -2.13. The first-order valence-electron chi connectivity index (χ1n) is 4.63. The van der Waals surface area contributed by atoms with Gasteiger partial charge in [0.05, 0.1) is 5.75 Å². The van der Waals surface area contributed by atoms with E-state index in [2.05, 4.69) is 10.3 Å². The third-order valence-corrected chi connectivity index (χ3v) is 2.82. The summed E-state index contributed by atoms with van der Waals surface area (Å²) in [5.74, 6) is -0.0532. The Bertz CT molecular complexity index is 391. The molecule has 0 unspecified atom stereocenters. The summed E-state index contributed by atoms with van der Waals surface area (Å²) in [5, 5.41) is 7.95. The molecule has 0 bridgehead atoms. The first-order chi connectivity index (χ1) is 6.99. The molecule has 0 radical (unpaired) electrons. The van der Waals surface area contributed by atoms with Gasteiger partial charge in [-0.05, 0) is 24.6 Å². The van der Waals surface area contributed by atoms with Crippen molar-refractivity contribution in [2.45, 2.75) is 13.0 Å². The number of rotatable bonds is 5. The Morgan fingerprint density at radius 1 is 1.47 bits per heavy atom. The molecular weight excluding hydrogens is 214 g/mol. The number of nitrogens with one attached hydrogen (secondary N) is 1. The highest BCUT2D eigenvalue weighted by molar-refractivity contribution is 7.89. The van der Waals surface area contributed by atoms with E-state index in [1.807, 2.05) is 19.1 Å². The van der Waals surface area contributed by atoms with E-state index < -0.39 is 10.0 Å². The number of pyridine rings is 1. The fourth-order valence-electron chi connectivity index (χ4n) is 1.19. The number of nitrogens with zero attached hydrogens (tertiary/aromatic N) is 1. The quantitative estimate of drug-likeness (QED) is 0.745. The van der Waals surface area contributed by atoms with Gasteiger partial charge in [0, 0.05) is 25.0 Å². The maximum atomic E-state index is 10.7. The zero-order valence-electron chi connectivity index (χ0n) is 8.55. The molecule has 84 valence electrons. The molecule has 1 aromatic rings. The number of hydrogen-bond acceptors (Lipinski definition) is 4. The van der Waals surface area contributed by atoms with Crippen LogP contribution >= 0.6 is 0 Å². The van der Waals surface area contributed by atoms with E-state index in [9.17, 15) is 8.42 Å². The van der Waals surface area contributed by atoms with E-state index in [0.717, 1.165) is 5.56 Å². The number of aromatic nitrogens is 1. The number of sulfonamides is 1. The second-order valence-electron chi connectivity index (χ2n) is 3.32. The first kappa shape index (κ1) is 12.1. The molecule has 0 aliphatic carbocycles. The standard InChI is InChI=1S/C9H15N3O2S/c1-8(9-2-4-11-5-3-9)12-6-7-15(10,13)14/h2-5,8,12H,6-7H2,1H3,(H2,10,13,14)/t8-/m0/s1. The van der Waals surface area contributed by atoms with Gasteiger partial charge >= 0.3 is 0 Å². The molecule has 1 aromatic heterocycles. The van der Waals surface area contributed by atoms with Crippen molar-refractivity contribution in [1.29, 1.82) is 0 Å². The molecule has 0 amide bonds. The van der Waals surface area contributed by atoms with Crippen LogP contribution in [0.5, 0.6) is 0 Å². The molecule has 0 fully saturated rings. The number of nitrogens with two attached hydrogens (primary N) is 1. The van der Waals surface area contributed by atoms with Crippen LogP contribution in [-0.4, -0.2) is 25.7 Å². The summed E-state index contributed by atoms with van der Waals surface area (Å²) in [6.07, 6.45) is 3.40. The second kappa shape index (κ2) is 5.20. The second-order valence-corrected chi connectivity index (χ2v) is 5.06. The lowest BCUT2D eigenvalue weighted by Crippen LogP contribution is -2.28. The van der Waals surface area contributed by atoms with Crippen LogP contribution in [0.1, 0.15) is 18.5 Å². The van der Waals surface area contributed by atoms with Gasteiger partial charge in [0.2, 0.25) is 10.0 Å². The van der Waals surface area contributed by atoms with E-state index in [0.29, 0.717) is 6.54 Å². The maximum absolute atomic E-state index is 10.7. The average molecular weight is 229 g/mol. The predicted molar refractivity (Wildman–Crippen MR) is 58.6 cm³/mol. The van der Waals surface area contributed by atoms with Crippen LogP contribution in [0.4, 0.5) is 0 Å². The molecule has 0 aliphatic heterocycles. The molecule has 1 rings (SSSR count). The predicted octanol–water partition coefficient (Wildman–Crippen LogP) is 0.0207. The summed E-state index contributed by atoms with van der Waals surface area (Å²) >= 11 is 0. The monoisotopic (exact) mass is 229 g/mol. The van der Waals surface area contributed by atoms with Crippen molar-refractivity contribution in [1.82, 2.24) is 10.3 Å². The van der Waals surface area contributed by atoms with Gasteiger partial charge in [-0.1, -0.05) is 0 Å². The SMILES string of the molecule is C[C@H](NCCS(N)(=O)=O)c1ccncc1. The van der Waals surface area contributed by atoms with Gasteiger partial charge in [-0.15, -0.1) is 0 Å². The Labute approximate surface area is 89.8 Å². The molecule has 0 spiro atoms. The van der Waals surface area contributed by atoms with Crippen molar-refractivity contribution in [2.75, 3.05) is 12.3 Å². The summed E-state index contributed by atoms with van der Waals surface area (Å²) in [4.78, 5) is 3.90. The van der Waals surface area contributed by atoms with Gasteiger partial charge in [-0.2, -0.15) is 0 Å². The lowest BCUT2D eigenvalue weighted by molar-refractivity contribution is 0.573. The molecule has 0 saturated heterocycles. The summed E-state index contributed by atoms with van der Waals surface area (Å²) in [6, 6.07) is 3.86. The van der Waals surface area contributed by atoms with Crippen LogP contribution in [0.2, 0.25) is 0 Å². The van der Waals surface area contributed by atoms with Gasteiger partial charge in [-0.25, -0.2) is 13.6 Å². The first-order valence-corrected chi connectivity index (χ1v) is 6.34. The molecule has 1 heterocycles. The van der Waals surface area contributed by atoms with Gasteiger partial charge in [-0.3, -0.25) is 4.98 Å². The zero-order valence-corrected chi connectivity index (χ0v) is 9.37. The van der Waals surface area contributed by atoms with E-state index in [1.54, 1.807) is 12.4 Å². The Balaban J connectivity index is 2.41. The zero-order chi connectivity index (χ0) is 11.3. The van der Waals surface area contributed by atoms with Crippen LogP contribution in [0.15, 0.2) is 24.5 Å². The number of primary sulfonamides is 1. The van der Waals surface area contributed by atoms with Crippen molar-refractivity contribution in [3.63, 3.8) is 0 Å². The largest absolute Gasteiger partial charge is 0.309 e. The summed E-state index contributed by atoms with van der Waals surface area (Å²) in [7, 11) is -3.38. The highest BCUT2D eigenvalue weighted by Gasteiger charge is 2.06. The summed E-state index contributed by atoms with van der Waals surface area (Å²) in [5.41, 5.74) is 1.07. The topological polar surface area (TPSA) is 85.1 Å². The van der Waals surface area contributed by atoms with Crippen molar-refractivity contribution in [3.8, 4) is 0 Å². The van der Waals surface area contributed by atoms with E-state index in [-0.39, 0.29) is 11.8 Å². The fourth-order valence-corrected chi connectivity index (χ4v) is 1.59. The highest BCUT2D eigenvalue weighted by atomic mass is 32.2. The molecule has 0 saturated carbocycles. The third kappa shape index (κ3) is 4.87. The van der Waals surface area contributed by atoms with Crippen molar-refractivity contribution < 1.29 is 8.42 Å². The summed E-state index contributed by atoms with van der Waals surface area (Å²) < 4.78 is 21.4. The molecule has 5 nitrogen and oxygen atoms in total. The Kier molecular flexibility index (Phi) is 4.19. The summed E-state index contributed by atoms with van der Waals surface area (Å²) in [6.45, 7) is 2.31. The van der Waals surface area contributed by atoms with E-state index in [4.69, 9.17) is 5.14 Å². The molecule has 6 heteroatoms. The molecule has 1 atom stereocenters. The van der Waals surface area contributed by atoms with E-state index >= 15 is 0 Å². The fraction of sp³-hybridized carbons (Fsp3) is 0.444. The minimum atomic E-state index is -3.38. The minimum Gasteiger partial charge on any atom is -0.309 e. The van der Waals surface area contributed by atoms with Crippen LogP contribution in [0.25, 0.3) is 0 Å². The minimum absolute atomic E-state index is 0.0532. The third-order valence-electron chi connectivity index (χ3n) is 2.04. The van der Waals surface area contributed by atoms with Crippen molar-refractivity contribution in [2.24, 2.45) is 5.14 Å². The van der Waals surface area contributed by atoms with Gasteiger partial charge in [0.25, 0.3) is 0 Å².